The molecule has 0 saturated carbocycles. The Morgan fingerprint density at radius 1 is 1.37 bits per heavy atom. The van der Waals surface area contributed by atoms with Crippen LogP contribution in [0.25, 0.3) is 0 Å². The Hall–Kier alpha value is -1.20. The number of carbonyl (C=O) groups excluding carboxylic acids is 1. The molecule has 0 radical (unpaired) electrons. The summed E-state index contributed by atoms with van der Waals surface area (Å²) in [6.45, 7) is 0.711. The van der Waals surface area contributed by atoms with Gasteiger partial charge in [0.05, 0.1) is 11.4 Å². The van der Waals surface area contributed by atoms with Gasteiger partial charge >= 0.3 is 0 Å². The molecule has 0 spiro atoms. The van der Waals surface area contributed by atoms with Crippen molar-refractivity contribution in [3.63, 3.8) is 0 Å². The van der Waals surface area contributed by atoms with E-state index in [1.807, 2.05) is 36.7 Å². The van der Waals surface area contributed by atoms with E-state index in [1.165, 1.54) is 0 Å². The number of halogens is 1. The molecule has 0 bridgehead atoms. The topological polar surface area (TPSA) is 33.2 Å². The molecule has 1 aromatic carbocycles. The van der Waals surface area contributed by atoms with Crippen LogP contribution in [0.1, 0.15) is 10.6 Å². The van der Waals surface area contributed by atoms with E-state index in [1.54, 1.807) is 22.4 Å². The predicted octanol–water partition coefficient (Wildman–Crippen LogP) is 3.15. The fourth-order valence-corrected chi connectivity index (χ4v) is 2.55. The number of carbonyl (C=O) groups is 1. The van der Waals surface area contributed by atoms with Gasteiger partial charge in [-0.05, 0) is 17.7 Å². The van der Waals surface area contributed by atoms with Gasteiger partial charge in [-0.3, -0.25) is 4.79 Å². The summed E-state index contributed by atoms with van der Waals surface area (Å²) in [6, 6.07) is 7.85. The minimum atomic E-state index is 0.138. The van der Waals surface area contributed by atoms with Crippen molar-refractivity contribution in [1.29, 1.82) is 0 Å². The molecular formula is C14H15BrN2OS. The van der Waals surface area contributed by atoms with Crippen LogP contribution >= 0.6 is 27.3 Å². The van der Waals surface area contributed by atoms with Crippen molar-refractivity contribution in [3.05, 3.63) is 50.9 Å². The van der Waals surface area contributed by atoms with Gasteiger partial charge in [0, 0.05) is 36.1 Å². The van der Waals surface area contributed by atoms with Crippen LogP contribution in [0.15, 0.2) is 40.3 Å². The summed E-state index contributed by atoms with van der Waals surface area (Å²) in [7, 11) is 1.84. The standard InChI is InChI=1S/C14H15BrN2OS/c1-17(8-6-13-16-7-9-19-13)14(18)10-11-2-4-12(15)5-3-11/h2-5,7,9H,6,8,10H2,1H3. The Kier molecular flexibility index (Phi) is 5.10. The van der Waals surface area contributed by atoms with Crippen molar-refractivity contribution in [2.75, 3.05) is 13.6 Å². The molecule has 19 heavy (non-hydrogen) atoms. The molecule has 5 heteroatoms. The van der Waals surface area contributed by atoms with Gasteiger partial charge in [0.1, 0.15) is 0 Å². The van der Waals surface area contributed by atoms with Crippen molar-refractivity contribution >= 4 is 33.2 Å². The third kappa shape index (κ3) is 4.44. The van der Waals surface area contributed by atoms with Crippen LogP contribution in [0.3, 0.4) is 0 Å². The quantitative estimate of drug-likeness (QED) is 0.838. The van der Waals surface area contributed by atoms with E-state index in [-0.39, 0.29) is 5.91 Å². The molecule has 0 fully saturated rings. The van der Waals surface area contributed by atoms with Gasteiger partial charge in [-0.15, -0.1) is 11.3 Å². The predicted molar refractivity (Wildman–Crippen MR) is 81.3 cm³/mol. The fraction of sp³-hybridized carbons (Fsp3) is 0.286. The Labute approximate surface area is 125 Å². The molecule has 1 amide bonds. The van der Waals surface area contributed by atoms with E-state index in [2.05, 4.69) is 20.9 Å². The monoisotopic (exact) mass is 338 g/mol. The lowest BCUT2D eigenvalue weighted by atomic mass is 10.1. The van der Waals surface area contributed by atoms with Gasteiger partial charge in [0.2, 0.25) is 5.91 Å². The van der Waals surface area contributed by atoms with Crippen LogP contribution in [0.4, 0.5) is 0 Å². The molecule has 0 N–H and O–H groups in total. The molecule has 0 aliphatic rings. The molecule has 1 heterocycles. The van der Waals surface area contributed by atoms with Crippen molar-refractivity contribution in [1.82, 2.24) is 9.88 Å². The Morgan fingerprint density at radius 3 is 2.74 bits per heavy atom. The fourth-order valence-electron chi connectivity index (χ4n) is 1.68. The maximum atomic E-state index is 12.1. The highest BCUT2D eigenvalue weighted by Gasteiger charge is 2.10. The zero-order valence-corrected chi connectivity index (χ0v) is 13.1. The number of rotatable bonds is 5. The van der Waals surface area contributed by atoms with Gasteiger partial charge in [0.25, 0.3) is 0 Å². The number of thiazole rings is 1. The van der Waals surface area contributed by atoms with E-state index in [0.717, 1.165) is 21.5 Å². The number of amides is 1. The molecule has 100 valence electrons. The summed E-state index contributed by atoms with van der Waals surface area (Å²) in [4.78, 5) is 18.0. The lowest BCUT2D eigenvalue weighted by molar-refractivity contribution is -0.129. The summed E-state index contributed by atoms with van der Waals surface area (Å²) >= 11 is 5.01. The molecule has 2 aromatic rings. The number of nitrogens with zero attached hydrogens (tertiary/aromatic N) is 2. The smallest absolute Gasteiger partial charge is 0.226 e. The molecule has 0 unspecified atom stereocenters. The first kappa shape index (κ1) is 14.2. The highest BCUT2D eigenvalue weighted by molar-refractivity contribution is 9.10. The maximum absolute atomic E-state index is 12.1. The number of aromatic nitrogens is 1. The van der Waals surface area contributed by atoms with Crippen LogP contribution in [0.2, 0.25) is 0 Å². The van der Waals surface area contributed by atoms with Gasteiger partial charge in [-0.1, -0.05) is 28.1 Å². The van der Waals surface area contributed by atoms with E-state index in [9.17, 15) is 4.79 Å². The molecule has 1 aromatic heterocycles. The normalized spacial score (nSPS) is 10.4. The summed E-state index contributed by atoms with van der Waals surface area (Å²) in [5, 5.41) is 3.03. The zero-order chi connectivity index (χ0) is 13.7. The SMILES string of the molecule is CN(CCc1nccs1)C(=O)Cc1ccc(Br)cc1. The van der Waals surface area contributed by atoms with Crippen LogP contribution in [0, 0.1) is 0 Å². The van der Waals surface area contributed by atoms with E-state index >= 15 is 0 Å². The van der Waals surface area contributed by atoms with Gasteiger partial charge in [-0.25, -0.2) is 4.98 Å². The number of likely N-dealkylation sites (N-methyl/N-ethyl adjacent to an activating group) is 1. The lowest BCUT2D eigenvalue weighted by Gasteiger charge is -2.16. The zero-order valence-electron chi connectivity index (χ0n) is 10.7. The molecular weight excluding hydrogens is 324 g/mol. The lowest BCUT2D eigenvalue weighted by Crippen LogP contribution is -2.30. The first-order valence-electron chi connectivity index (χ1n) is 6.02. The summed E-state index contributed by atoms with van der Waals surface area (Å²) in [6.07, 6.45) is 3.06. The summed E-state index contributed by atoms with van der Waals surface area (Å²) in [5.41, 5.74) is 1.04. The number of hydrogen-bond acceptors (Lipinski definition) is 3. The van der Waals surface area contributed by atoms with Crippen LogP contribution in [0.5, 0.6) is 0 Å². The van der Waals surface area contributed by atoms with E-state index in [4.69, 9.17) is 0 Å². The van der Waals surface area contributed by atoms with E-state index in [0.29, 0.717) is 13.0 Å². The van der Waals surface area contributed by atoms with Crippen LogP contribution < -0.4 is 0 Å². The second kappa shape index (κ2) is 6.82. The van der Waals surface area contributed by atoms with Crippen molar-refractivity contribution in [2.24, 2.45) is 0 Å². The van der Waals surface area contributed by atoms with Crippen molar-refractivity contribution in [2.45, 2.75) is 12.8 Å². The average Bonchev–Trinajstić information content (AvgIpc) is 2.91. The molecule has 0 atom stereocenters. The van der Waals surface area contributed by atoms with Gasteiger partial charge in [0.15, 0.2) is 0 Å². The van der Waals surface area contributed by atoms with Gasteiger partial charge in [-0.2, -0.15) is 0 Å². The molecule has 0 aliphatic heterocycles. The van der Waals surface area contributed by atoms with Crippen molar-refractivity contribution < 1.29 is 4.79 Å². The van der Waals surface area contributed by atoms with Crippen molar-refractivity contribution in [3.8, 4) is 0 Å². The minimum absolute atomic E-state index is 0.138. The number of benzene rings is 1. The maximum Gasteiger partial charge on any atom is 0.226 e. The average molecular weight is 339 g/mol. The highest BCUT2D eigenvalue weighted by Crippen LogP contribution is 2.12. The third-order valence-corrected chi connectivity index (χ3v) is 4.21. The summed E-state index contributed by atoms with van der Waals surface area (Å²) in [5.74, 6) is 0.138. The molecule has 3 nitrogen and oxygen atoms in total. The Morgan fingerprint density at radius 2 is 2.11 bits per heavy atom. The molecule has 2 rings (SSSR count). The number of hydrogen-bond donors (Lipinski definition) is 0. The third-order valence-electron chi connectivity index (χ3n) is 2.84. The largest absolute Gasteiger partial charge is 0.345 e. The minimum Gasteiger partial charge on any atom is -0.345 e. The molecule has 0 aliphatic carbocycles. The summed E-state index contributed by atoms with van der Waals surface area (Å²) < 4.78 is 1.03. The van der Waals surface area contributed by atoms with E-state index < -0.39 is 0 Å². The molecule has 0 saturated heterocycles. The van der Waals surface area contributed by atoms with Gasteiger partial charge < -0.3 is 4.90 Å². The van der Waals surface area contributed by atoms with Crippen LogP contribution in [-0.4, -0.2) is 29.4 Å². The Balaban J connectivity index is 1.83. The second-order valence-electron chi connectivity index (χ2n) is 4.29. The highest BCUT2D eigenvalue weighted by atomic mass is 79.9. The first-order valence-corrected chi connectivity index (χ1v) is 7.69. The second-order valence-corrected chi connectivity index (χ2v) is 6.19. The Bertz CT molecular complexity index is 525. The first-order chi connectivity index (χ1) is 9.15. The van der Waals surface area contributed by atoms with Crippen LogP contribution in [-0.2, 0) is 17.6 Å².